The largest absolute Gasteiger partial charge is 0.307 e. The minimum atomic E-state index is 0.203. The Bertz CT molecular complexity index is 1270. The third kappa shape index (κ3) is 12.5. The van der Waals surface area contributed by atoms with Gasteiger partial charge in [0.2, 0.25) is 0 Å². The number of hydrogen-bond acceptors (Lipinski definition) is 2. The SMILES string of the molecule is C#Cc1cc(CCCCCCCc2cc(C#C)cc(CCC3CC(C)(C)NC(C)(C)C3)c2)cc(CCC2CC(C)(C)NC(C)(C)C2)c1. The van der Waals surface area contributed by atoms with Gasteiger partial charge in [-0.2, -0.15) is 0 Å². The molecular weight excluding hydrogens is 569 g/mol. The summed E-state index contributed by atoms with van der Waals surface area (Å²) in [7, 11) is 0. The van der Waals surface area contributed by atoms with Crippen LogP contribution in [0.25, 0.3) is 0 Å². The average molecular weight is 635 g/mol. The second kappa shape index (κ2) is 15.8. The van der Waals surface area contributed by atoms with Gasteiger partial charge in [0.1, 0.15) is 0 Å². The zero-order valence-corrected chi connectivity index (χ0v) is 31.4. The Balaban J connectivity index is 1.19. The Morgan fingerprint density at radius 3 is 1.11 bits per heavy atom. The maximum absolute atomic E-state index is 5.88. The number of piperidine rings is 2. The van der Waals surface area contributed by atoms with Crippen molar-refractivity contribution >= 4 is 0 Å². The first kappa shape index (κ1) is 37.3. The molecule has 2 aliphatic rings. The normalized spacial score (nSPS) is 20.4. The monoisotopic (exact) mass is 635 g/mol. The predicted octanol–water partition coefficient (Wildman–Crippen LogP) is 10.4. The lowest BCUT2D eigenvalue weighted by Gasteiger charge is -2.46. The fourth-order valence-electron chi connectivity index (χ4n) is 9.67. The first-order chi connectivity index (χ1) is 22.0. The number of benzene rings is 2. The molecule has 2 fully saturated rings. The minimum Gasteiger partial charge on any atom is -0.307 e. The van der Waals surface area contributed by atoms with Crippen molar-refractivity contribution in [2.75, 3.05) is 0 Å². The van der Waals surface area contributed by atoms with E-state index in [0.29, 0.717) is 0 Å². The van der Waals surface area contributed by atoms with Crippen molar-refractivity contribution in [3.05, 3.63) is 69.8 Å². The van der Waals surface area contributed by atoms with E-state index in [1.54, 1.807) is 0 Å². The van der Waals surface area contributed by atoms with Crippen LogP contribution in [0, 0.1) is 36.5 Å². The van der Waals surface area contributed by atoms with Gasteiger partial charge in [-0.25, -0.2) is 0 Å². The third-order valence-corrected chi connectivity index (χ3v) is 10.6. The second-order valence-corrected chi connectivity index (χ2v) is 18.0. The highest BCUT2D eigenvalue weighted by molar-refractivity contribution is 5.40. The molecule has 2 aliphatic heterocycles. The number of terminal acetylenes is 2. The number of nitrogens with one attached hydrogen (secondary N) is 2. The van der Waals surface area contributed by atoms with E-state index >= 15 is 0 Å². The van der Waals surface area contributed by atoms with E-state index in [1.165, 1.54) is 92.9 Å². The Kier molecular flexibility index (Phi) is 12.5. The minimum absolute atomic E-state index is 0.203. The van der Waals surface area contributed by atoms with Crippen LogP contribution in [-0.4, -0.2) is 22.2 Å². The molecule has 0 atom stereocenters. The van der Waals surface area contributed by atoms with Crippen molar-refractivity contribution in [2.45, 2.75) is 174 Å². The van der Waals surface area contributed by atoms with Crippen LogP contribution in [0.2, 0.25) is 0 Å². The second-order valence-electron chi connectivity index (χ2n) is 18.0. The smallest absolute Gasteiger partial charge is 0.0248 e. The summed E-state index contributed by atoms with van der Waals surface area (Å²) in [4.78, 5) is 0. The highest BCUT2D eigenvalue weighted by Crippen LogP contribution is 2.36. The van der Waals surface area contributed by atoms with Crippen molar-refractivity contribution < 1.29 is 0 Å². The highest BCUT2D eigenvalue weighted by atomic mass is 15.1. The zero-order chi connectivity index (χ0) is 34.3. The molecule has 0 saturated carbocycles. The third-order valence-electron chi connectivity index (χ3n) is 10.6. The first-order valence-corrected chi connectivity index (χ1v) is 18.8. The van der Waals surface area contributed by atoms with Gasteiger partial charge in [-0.3, -0.25) is 0 Å². The number of hydrogen-bond donors (Lipinski definition) is 2. The first-order valence-electron chi connectivity index (χ1n) is 18.8. The van der Waals surface area contributed by atoms with Crippen LogP contribution in [0.15, 0.2) is 36.4 Å². The molecule has 0 aromatic heterocycles. The van der Waals surface area contributed by atoms with Crippen molar-refractivity contribution in [1.82, 2.24) is 10.6 Å². The Hall–Kier alpha value is -2.52. The molecule has 47 heavy (non-hydrogen) atoms. The van der Waals surface area contributed by atoms with E-state index in [2.05, 4.69) is 114 Å². The molecule has 4 rings (SSSR count). The van der Waals surface area contributed by atoms with E-state index in [9.17, 15) is 0 Å². The summed E-state index contributed by atoms with van der Waals surface area (Å²) >= 11 is 0. The fraction of sp³-hybridized carbons (Fsp3) is 0.644. The van der Waals surface area contributed by atoms with Gasteiger partial charge >= 0.3 is 0 Å². The van der Waals surface area contributed by atoms with E-state index in [-0.39, 0.29) is 22.2 Å². The van der Waals surface area contributed by atoms with Gasteiger partial charge in [0.05, 0.1) is 0 Å². The molecule has 2 heteroatoms. The molecule has 2 nitrogen and oxygen atoms in total. The fourth-order valence-corrected chi connectivity index (χ4v) is 9.67. The van der Waals surface area contributed by atoms with Crippen LogP contribution < -0.4 is 10.6 Å². The van der Waals surface area contributed by atoms with Crippen molar-refractivity contribution in [2.24, 2.45) is 11.8 Å². The Labute approximate surface area is 290 Å². The maximum Gasteiger partial charge on any atom is 0.0248 e. The summed E-state index contributed by atoms with van der Waals surface area (Å²) in [5.74, 6) is 7.35. The van der Waals surface area contributed by atoms with E-state index in [1.807, 2.05) is 0 Å². The van der Waals surface area contributed by atoms with Gasteiger partial charge in [0, 0.05) is 33.3 Å². The van der Waals surface area contributed by atoms with Gasteiger partial charge in [-0.1, -0.05) is 43.2 Å². The molecule has 0 unspecified atom stereocenters. The maximum atomic E-state index is 5.88. The molecule has 0 spiro atoms. The Morgan fingerprint density at radius 1 is 0.489 bits per heavy atom. The van der Waals surface area contributed by atoms with Gasteiger partial charge in [-0.05, 0) is 191 Å². The van der Waals surface area contributed by atoms with Crippen molar-refractivity contribution in [1.29, 1.82) is 0 Å². The van der Waals surface area contributed by atoms with Gasteiger partial charge in [0.25, 0.3) is 0 Å². The van der Waals surface area contributed by atoms with Crippen LogP contribution in [0.1, 0.15) is 159 Å². The van der Waals surface area contributed by atoms with Crippen LogP contribution in [0.4, 0.5) is 0 Å². The van der Waals surface area contributed by atoms with Gasteiger partial charge in [0.15, 0.2) is 0 Å². The summed E-state index contributed by atoms with van der Waals surface area (Å²) in [6, 6.07) is 13.8. The van der Waals surface area contributed by atoms with Gasteiger partial charge in [-0.15, -0.1) is 12.8 Å². The summed E-state index contributed by atoms with van der Waals surface area (Å²) in [6.07, 6.45) is 30.0. The standard InChI is InChI=1S/C45H66N2/c1-11-34-24-36(28-38(26-34)20-22-40-30-42(3,4)46-43(5,6)31-40)18-16-14-13-15-17-19-37-25-35(12-2)27-39(29-37)21-23-41-32-44(7,8)47-45(9,10)33-41/h1-2,24-29,40-41,46-47H,13-23,30-33H2,3-10H3. The topological polar surface area (TPSA) is 24.1 Å². The summed E-state index contributed by atoms with van der Waals surface area (Å²) in [5.41, 5.74) is 8.56. The molecule has 0 radical (unpaired) electrons. The molecule has 256 valence electrons. The highest BCUT2D eigenvalue weighted by Gasteiger charge is 2.38. The van der Waals surface area contributed by atoms with Crippen LogP contribution in [0.3, 0.4) is 0 Å². The molecule has 0 amide bonds. The van der Waals surface area contributed by atoms with E-state index in [4.69, 9.17) is 12.8 Å². The Morgan fingerprint density at radius 2 is 0.787 bits per heavy atom. The lowest BCUT2D eigenvalue weighted by atomic mass is 9.74. The van der Waals surface area contributed by atoms with Crippen molar-refractivity contribution in [3.63, 3.8) is 0 Å². The summed E-state index contributed by atoms with van der Waals surface area (Å²) in [6.45, 7) is 18.8. The van der Waals surface area contributed by atoms with Crippen molar-refractivity contribution in [3.8, 4) is 24.7 Å². The number of aryl methyl sites for hydroxylation is 4. The number of rotatable bonds is 14. The molecule has 2 aromatic rings. The van der Waals surface area contributed by atoms with E-state index < -0.39 is 0 Å². The molecule has 2 N–H and O–H groups in total. The lowest BCUT2D eigenvalue weighted by molar-refractivity contribution is 0.123. The molecule has 2 aromatic carbocycles. The molecule has 0 aliphatic carbocycles. The van der Waals surface area contributed by atoms with Gasteiger partial charge < -0.3 is 10.6 Å². The summed E-state index contributed by atoms with van der Waals surface area (Å²) < 4.78 is 0. The van der Waals surface area contributed by atoms with E-state index in [0.717, 1.165) is 48.6 Å². The van der Waals surface area contributed by atoms with Crippen LogP contribution >= 0.6 is 0 Å². The average Bonchev–Trinajstić information content (AvgIpc) is 2.95. The molecule has 0 bridgehead atoms. The van der Waals surface area contributed by atoms with Crippen LogP contribution in [0.5, 0.6) is 0 Å². The molecule has 2 heterocycles. The number of unbranched alkanes of at least 4 members (excludes halogenated alkanes) is 4. The summed E-state index contributed by atoms with van der Waals surface area (Å²) in [5, 5.41) is 7.65. The zero-order valence-electron chi connectivity index (χ0n) is 31.4. The van der Waals surface area contributed by atoms with Crippen LogP contribution in [-0.2, 0) is 25.7 Å². The quantitative estimate of drug-likeness (QED) is 0.160. The molecule has 2 saturated heterocycles. The lowest BCUT2D eigenvalue weighted by Crippen LogP contribution is -2.57. The molecular formula is C45H66N2. The predicted molar refractivity (Wildman–Crippen MR) is 204 cm³/mol.